The van der Waals surface area contributed by atoms with Crippen LogP contribution < -0.4 is 4.90 Å². The second-order valence-electron chi connectivity index (χ2n) is 7.98. The van der Waals surface area contributed by atoms with Gasteiger partial charge in [-0.1, -0.05) is 18.2 Å². The summed E-state index contributed by atoms with van der Waals surface area (Å²) < 4.78 is 5.60. The van der Waals surface area contributed by atoms with Crippen LogP contribution in [0.3, 0.4) is 0 Å². The number of phenolic OH excluding ortho intramolecular Hbond substituents is 1. The molecule has 0 aromatic heterocycles. The molecule has 0 saturated carbocycles. The number of nitrogens with zero attached hydrogens (tertiary/aromatic N) is 3. The lowest BCUT2D eigenvalue weighted by Gasteiger charge is -2.36. The summed E-state index contributed by atoms with van der Waals surface area (Å²) in [5.74, 6) is -3.28. The van der Waals surface area contributed by atoms with Crippen LogP contribution in [0.15, 0.2) is 48.5 Å². The van der Waals surface area contributed by atoms with E-state index >= 15 is 0 Å². The number of ether oxygens (including phenoxy) is 1. The number of benzene rings is 2. The van der Waals surface area contributed by atoms with Crippen molar-refractivity contribution in [2.75, 3.05) is 51.3 Å². The normalized spacial score (nSPS) is 17.7. The Morgan fingerprint density at radius 3 is 2.15 bits per heavy atom. The van der Waals surface area contributed by atoms with Gasteiger partial charge < -0.3 is 29.9 Å². The summed E-state index contributed by atoms with van der Waals surface area (Å²) in [7, 11) is 1.66. The molecule has 182 valence electrons. The summed E-state index contributed by atoms with van der Waals surface area (Å²) >= 11 is 0. The van der Waals surface area contributed by atoms with Crippen LogP contribution in [0.1, 0.15) is 28.6 Å². The van der Waals surface area contributed by atoms with E-state index in [0.717, 1.165) is 56.0 Å². The Balaban J connectivity index is 0.000000481. The second kappa shape index (κ2) is 11.5. The molecule has 2 aromatic rings. The van der Waals surface area contributed by atoms with Gasteiger partial charge in [0.1, 0.15) is 5.75 Å². The van der Waals surface area contributed by atoms with Gasteiger partial charge in [0.2, 0.25) is 0 Å². The molecule has 10 nitrogen and oxygen atoms in total. The van der Waals surface area contributed by atoms with Crippen molar-refractivity contribution in [3.63, 3.8) is 0 Å². The summed E-state index contributed by atoms with van der Waals surface area (Å²) in [6, 6.07) is 15.1. The van der Waals surface area contributed by atoms with Crippen LogP contribution in [0.4, 0.5) is 5.69 Å². The van der Waals surface area contributed by atoms with Gasteiger partial charge in [-0.15, -0.1) is 0 Å². The van der Waals surface area contributed by atoms with Gasteiger partial charge in [-0.05, 0) is 43.3 Å². The summed E-state index contributed by atoms with van der Waals surface area (Å²) in [5.41, 5.74) is 2.88. The van der Waals surface area contributed by atoms with Crippen LogP contribution in [0.2, 0.25) is 0 Å². The van der Waals surface area contributed by atoms with E-state index in [1.165, 1.54) is 0 Å². The van der Waals surface area contributed by atoms with Crippen LogP contribution in [0.25, 0.3) is 0 Å². The van der Waals surface area contributed by atoms with E-state index in [4.69, 9.17) is 24.5 Å². The third kappa shape index (κ3) is 6.03. The van der Waals surface area contributed by atoms with Crippen molar-refractivity contribution in [1.82, 2.24) is 9.80 Å². The Labute approximate surface area is 197 Å². The van der Waals surface area contributed by atoms with E-state index in [2.05, 4.69) is 9.80 Å². The number of aromatic hydroxyl groups is 1. The van der Waals surface area contributed by atoms with Crippen LogP contribution in [0.5, 0.6) is 5.75 Å². The highest BCUT2D eigenvalue weighted by Gasteiger charge is 2.36. The Kier molecular flexibility index (Phi) is 8.44. The first-order chi connectivity index (χ1) is 16.3. The number of hydrogen-bond donors (Lipinski definition) is 3. The molecule has 2 heterocycles. The van der Waals surface area contributed by atoms with Gasteiger partial charge in [0.25, 0.3) is 5.91 Å². The minimum atomic E-state index is -1.82. The van der Waals surface area contributed by atoms with Gasteiger partial charge >= 0.3 is 11.9 Å². The largest absolute Gasteiger partial charge is 0.508 e. The van der Waals surface area contributed by atoms with E-state index in [1.807, 2.05) is 41.3 Å². The molecule has 2 aromatic carbocycles. The summed E-state index contributed by atoms with van der Waals surface area (Å²) in [5, 5.41) is 24.2. The molecule has 10 heteroatoms. The van der Waals surface area contributed by atoms with E-state index in [0.29, 0.717) is 12.3 Å². The number of amides is 1. The zero-order valence-corrected chi connectivity index (χ0v) is 19.0. The maximum atomic E-state index is 12.7. The van der Waals surface area contributed by atoms with Gasteiger partial charge in [-0.2, -0.15) is 0 Å². The Hall–Kier alpha value is -3.63. The zero-order valence-electron chi connectivity index (χ0n) is 19.0. The minimum Gasteiger partial charge on any atom is -0.508 e. The standard InChI is InChI=1S/C22H27N3O3.C2H2O4/c1-28-22-20-6-3-2-5-19(20)21(27)25(22)12-4-11-23-13-15-24(16-14-23)17-7-9-18(26)10-8-17;3-1(4)2(5)6/h2-3,5-10,22,26H,4,11-16H2,1H3;(H,3,4)(H,5,6). The third-order valence-electron chi connectivity index (χ3n) is 5.87. The predicted octanol–water partition coefficient (Wildman–Crippen LogP) is 1.86. The molecule has 4 rings (SSSR count). The molecule has 3 N–H and O–H groups in total. The second-order valence-corrected chi connectivity index (χ2v) is 7.98. The fraction of sp³-hybridized carbons (Fsp3) is 0.375. The summed E-state index contributed by atoms with van der Waals surface area (Å²) in [6.45, 7) is 5.62. The number of carbonyl (C=O) groups excluding carboxylic acids is 1. The molecule has 0 spiro atoms. The van der Waals surface area contributed by atoms with Gasteiger partial charge in [-0.25, -0.2) is 9.59 Å². The van der Waals surface area contributed by atoms with Gasteiger partial charge in [-0.3, -0.25) is 9.69 Å². The highest BCUT2D eigenvalue weighted by atomic mass is 16.5. The molecule has 1 fully saturated rings. The molecular weight excluding hydrogens is 442 g/mol. The van der Waals surface area contributed by atoms with Crippen LogP contribution in [-0.4, -0.2) is 89.3 Å². The number of methoxy groups -OCH3 is 1. The Bertz CT molecular complexity index is 992. The highest BCUT2D eigenvalue weighted by molar-refractivity contribution is 6.27. The van der Waals surface area contributed by atoms with Crippen molar-refractivity contribution in [2.24, 2.45) is 0 Å². The predicted molar refractivity (Wildman–Crippen MR) is 124 cm³/mol. The number of aliphatic carboxylic acids is 2. The molecule has 0 aliphatic carbocycles. The first kappa shape index (κ1) is 25.0. The topological polar surface area (TPSA) is 131 Å². The lowest BCUT2D eigenvalue weighted by molar-refractivity contribution is -0.159. The van der Waals surface area contributed by atoms with Crippen LogP contribution >= 0.6 is 0 Å². The highest BCUT2D eigenvalue weighted by Crippen LogP contribution is 2.33. The molecule has 1 saturated heterocycles. The number of carboxylic acid groups (broad SMARTS) is 2. The number of piperazine rings is 1. The molecule has 0 radical (unpaired) electrons. The SMILES string of the molecule is COC1c2ccccc2C(=O)N1CCCN1CCN(c2ccc(O)cc2)CC1.O=C(O)C(=O)O. The Morgan fingerprint density at radius 2 is 1.56 bits per heavy atom. The summed E-state index contributed by atoms with van der Waals surface area (Å²) in [6.07, 6.45) is 0.661. The number of anilines is 1. The number of hydrogen-bond acceptors (Lipinski definition) is 7. The molecule has 1 unspecified atom stereocenters. The maximum absolute atomic E-state index is 12.7. The monoisotopic (exact) mass is 471 g/mol. The van der Waals surface area contributed by atoms with Crippen molar-refractivity contribution < 1.29 is 34.4 Å². The fourth-order valence-electron chi connectivity index (χ4n) is 4.17. The smallest absolute Gasteiger partial charge is 0.414 e. The maximum Gasteiger partial charge on any atom is 0.414 e. The molecule has 34 heavy (non-hydrogen) atoms. The number of phenols is 1. The van der Waals surface area contributed by atoms with Crippen LogP contribution in [-0.2, 0) is 14.3 Å². The van der Waals surface area contributed by atoms with Crippen molar-refractivity contribution in [3.05, 3.63) is 59.7 Å². The summed E-state index contributed by atoms with van der Waals surface area (Å²) in [4.78, 5) is 37.5. The number of carboxylic acids is 2. The van der Waals surface area contributed by atoms with E-state index in [9.17, 15) is 9.90 Å². The Morgan fingerprint density at radius 1 is 0.941 bits per heavy atom. The number of carbonyl (C=O) groups is 3. The van der Waals surface area contributed by atoms with Crippen molar-refractivity contribution >= 4 is 23.5 Å². The van der Waals surface area contributed by atoms with Crippen molar-refractivity contribution in [2.45, 2.75) is 12.6 Å². The van der Waals surface area contributed by atoms with E-state index in [-0.39, 0.29) is 12.1 Å². The molecule has 1 amide bonds. The molecule has 0 bridgehead atoms. The van der Waals surface area contributed by atoms with Crippen LogP contribution in [0, 0.1) is 0 Å². The van der Waals surface area contributed by atoms with Gasteiger partial charge in [0.15, 0.2) is 6.23 Å². The van der Waals surface area contributed by atoms with E-state index in [1.54, 1.807) is 19.2 Å². The first-order valence-electron chi connectivity index (χ1n) is 11.0. The first-order valence-corrected chi connectivity index (χ1v) is 11.0. The van der Waals surface area contributed by atoms with Crippen molar-refractivity contribution in [3.8, 4) is 5.75 Å². The third-order valence-corrected chi connectivity index (χ3v) is 5.87. The fourth-order valence-corrected chi connectivity index (χ4v) is 4.17. The zero-order chi connectivity index (χ0) is 24.7. The number of rotatable bonds is 6. The minimum absolute atomic E-state index is 0.0691. The molecule has 2 aliphatic rings. The van der Waals surface area contributed by atoms with Crippen molar-refractivity contribution in [1.29, 1.82) is 0 Å². The average Bonchev–Trinajstić information content (AvgIpc) is 3.11. The molecule has 2 aliphatic heterocycles. The molecule has 1 atom stereocenters. The van der Waals surface area contributed by atoms with Gasteiger partial charge in [0, 0.05) is 56.6 Å². The average molecular weight is 472 g/mol. The molecular formula is C24H29N3O7. The van der Waals surface area contributed by atoms with Gasteiger partial charge in [0.05, 0.1) is 0 Å². The quantitative estimate of drug-likeness (QED) is 0.540. The lowest BCUT2D eigenvalue weighted by atomic mass is 10.1. The van der Waals surface area contributed by atoms with E-state index < -0.39 is 11.9 Å². The lowest BCUT2D eigenvalue weighted by Crippen LogP contribution is -2.47. The number of fused-ring (bicyclic) bond motifs is 1.